The second-order valence-corrected chi connectivity index (χ2v) is 7.68. The van der Waals surface area contributed by atoms with Crippen molar-refractivity contribution in [1.82, 2.24) is 4.98 Å². The van der Waals surface area contributed by atoms with Gasteiger partial charge in [-0.25, -0.2) is 9.10 Å². The fourth-order valence-electron chi connectivity index (χ4n) is 2.61. The van der Waals surface area contributed by atoms with E-state index in [1.54, 1.807) is 36.0 Å². The maximum Gasteiger partial charge on any atom is 0.364 e. The average Bonchev–Trinajstić information content (AvgIpc) is 3.22. The number of ether oxygens (including phenoxy) is 2. The molecule has 0 aliphatic heterocycles. The van der Waals surface area contributed by atoms with Crippen LogP contribution in [0.25, 0.3) is 10.4 Å². The van der Waals surface area contributed by atoms with Crippen LogP contribution < -0.4 is 9.04 Å². The number of hydrogen-bond acceptors (Lipinski definition) is 7. The molecule has 0 atom stereocenters. The number of nitrogens with zero attached hydrogens (tertiary/aromatic N) is 2. The summed E-state index contributed by atoms with van der Waals surface area (Å²) in [7, 11) is -2.12. The topological polar surface area (TPSA) is 106 Å². The summed E-state index contributed by atoms with van der Waals surface area (Å²) in [5.41, 5.74) is 2.97. The van der Waals surface area contributed by atoms with Crippen LogP contribution >= 0.6 is 11.3 Å². The number of methoxy groups -OCH3 is 2. The normalized spacial score (nSPS) is 11.1. The number of rotatable bonds is 6. The van der Waals surface area contributed by atoms with Crippen LogP contribution in [-0.4, -0.2) is 38.1 Å². The summed E-state index contributed by atoms with van der Waals surface area (Å²) in [5, 5.41) is 0. The number of carbonyl (C=O) groups excluding carboxylic acids is 1. The van der Waals surface area contributed by atoms with E-state index in [9.17, 15) is 17.8 Å². The summed E-state index contributed by atoms with van der Waals surface area (Å²) in [6.07, 6.45) is 1.70. The molecule has 0 fully saturated rings. The quantitative estimate of drug-likeness (QED) is 0.480. The van der Waals surface area contributed by atoms with E-state index >= 15 is 0 Å². The molecule has 0 radical (unpaired) electrons. The van der Waals surface area contributed by atoms with E-state index in [1.807, 2.05) is 0 Å². The molecule has 0 saturated heterocycles. The van der Waals surface area contributed by atoms with Crippen LogP contribution in [0, 0.1) is 0 Å². The standard InChI is InChI=1S/C18H16N2O6S2/c1-25-16-9-13(18(21)26-2)5-8-15(16)20(28(22,23)24)14-6-3-12(4-7-14)17-10-19-11-27-17/h3-11H,1-2H3,(H,22,23,24). The van der Waals surface area contributed by atoms with Crippen LogP contribution in [0.15, 0.2) is 54.2 Å². The van der Waals surface area contributed by atoms with Crippen molar-refractivity contribution in [3.63, 3.8) is 0 Å². The highest BCUT2D eigenvalue weighted by atomic mass is 32.2. The number of esters is 1. The molecule has 3 rings (SSSR count). The second-order valence-electron chi connectivity index (χ2n) is 5.53. The molecule has 1 N–H and O–H groups in total. The third-order valence-corrected chi connectivity index (χ3v) is 5.56. The van der Waals surface area contributed by atoms with Crippen molar-refractivity contribution in [3.8, 4) is 16.2 Å². The Morgan fingerprint density at radius 1 is 1.14 bits per heavy atom. The zero-order valence-electron chi connectivity index (χ0n) is 14.9. The molecular weight excluding hydrogens is 404 g/mol. The summed E-state index contributed by atoms with van der Waals surface area (Å²) in [5.74, 6) is -0.524. The number of aromatic nitrogens is 1. The van der Waals surface area contributed by atoms with Crippen molar-refractivity contribution >= 4 is 39.0 Å². The van der Waals surface area contributed by atoms with Crippen molar-refractivity contribution < 1.29 is 27.2 Å². The van der Waals surface area contributed by atoms with Gasteiger partial charge in [0.05, 0.1) is 35.9 Å². The monoisotopic (exact) mass is 420 g/mol. The number of thiazole rings is 1. The largest absolute Gasteiger partial charge is 0.495 e. The minimum Gasteiger partial charge on any atom is -0.495 e. The Bertz CT molecular complexity index is 1080. The van der Waals surface area contributed by atoms with Gasteiger partial charge in [0.15, 0.2) is 0 Å². The first-order valence-corrected chi connectivity index (χ1v) is 10.2. The SMILES string of the molecule is COC(=O)c1ccc(N(c2ccc(-c3cncs3)cc2)S(=O)(=O)O)c(OC)c1. The summed E-state index contributed by atoms with van der Waals surface area (Å²) < 4.78 is 44.7. The van der Waals surface area contributed by atoms with Gasteiger partial charge in [-0.2, -0.15) is 8.42 Å². The van der Waals surface area contributed by atoms with Crippen molar-refractivity contribution in [1.29, 1.82) is 0 Å². The Kier molecular flexibility index (Phi) is 5.63. The molecule has 8 nitrogen and oxygen atoms in total. The van der Waals surface area contributed by atoms with Crippen LogP contribution in [-0.2, 0) is 15.0 Å². The minimum atomic E-state index is -4.68. The van der Waals surface area contributed by atoms with Gasteiger partial charge in [-0.1, -0.05) is 12.1 Å². The molecular formula is C18H16N2O6S2. The van der Waals surface area contributed by atoms with E-state index in [4.69, 9.17) is 4.74 Å². The smallest absolute Gasteiger partial charge is 0.364 e. The van der Waals surface area contributed by atoms with Gasteiger partial charge >= 0.3 is 16.3 Å². The fraction of sp³-hybridized carbons (Fsp3) is 0.111. The first-order chi connectivity index (χ1) is 13.3. The lowest BCUT2D eigenvalue weighted by Gasteiger charge is -2.23. The van der Waals surface area contributed by atoms with Crippen molar-refractivity contribution in [3.05, 3.63) is 59.7 Å². The Balaban J connectivity index is 2.08. The predicted molar refractivity (Wildman–Crippen MR) is 106 cm³/mol. The van der Waals surface area contributed by atoms with Crippen molar-refractivity contribution in [2.75, 3.05) is 18.5 Å². The van der Waals surface area contributed by atoms with Gasteiger partial charge in [0.1, 0.15) is 11.4 Å². The molecule has 3 aromatic rings. The molecule has 0 aliphatic rings. The van der Waals surface area contributed by atoms with Crippen LogP contribution in [0.4, 0.5) is 11.4 Å². The molecule has 0 bridgehead atoms. The molecule has 1 heterocycles. The molecule has 0 amide bonds. The van der Waals surface area contributed by atoms with Gasteiger partial charge in [-0.15, -0.1) is 11.3 Å². The second kappa shape index (κ2) is 7.97. The number of carbonyl (C=O) groups is 1. The van der Waals surface area contributed by atoms with E-state index in [0.717, 1.165) is 14.7 Å². The summed E-state index contributed by atoms with van der Waals surface area (Å²) >= 11 is 1.45. The van der Waals surface area contributed by atoms with Crippen LogP contribution in [0.1, 0.15) is 10.4 Å². The van der Waals surface area contributed by atoms with Gasteiger partial charge in [-0.3, -0.25) is 9.54 Å². The first-order valence-electron chi connectivity index (χ1n) is 7.88. The van der Waals surface area contributed by atoms with Gasteiger partial charge in [0.2, 0.25) is 0 Å². The molecule has 0 spiro atoms. The van der Waals surface area contributed by atoms with E-state index in [1.165, 1.54) is 43.8 Å². The van der Waals surface area contributed by atoms with Crippen LogP contribution in [0.2, 0.25) is 0 Å². The maximum absolute atomic E-state index is 12.1. The molecule has 2 aromatic carbocycles. The number of hydrogen-bond donors (Lipinski definition) is 1. The third-order valence-electron chi connectivity index (χ3n) is 3.87. The highest BCUT2D eigenvalue weighted by Crippen LogP contribution is 2.37. The lowest BCUT2D eigenvalue weighted by molar-refractivity contribution is 0.0600. The molecule has 28 heavy (non-hydrogen) atoms. The Morgan fingerprint density at radius 3 is 2.39 bits per heavy atom. The molecule has 1 aromatic heterocycles. The number of benzene rings is 2. The van der Waals surface area contributed by atoms with Gasteiger partial charge in [0.25, 0.3) is 0 Å². The highest BCUT2D eigenvalue weighted by molar-refractivity contribution is 7.87. The van der Waals surface area contributed by atoms with Gasteiger partial charge in [0, 0.05) is 6.20 Å². The van der Waals surface area contributed by atoms with Crippen LogP contribution in [0.5, 0.6) is 5.75 Å². The summed E-state index contributed by atoms with van der Waals surface area (Å²) in [6, 6.07) is 10.6. The summed E-state index contributed by atoms with van der Waals surface area (Å²) in [6.45, 7) is 0. The van der Waals surface area contributed by atoms with Gasteiger partial charge in [-0.05, 0) is 35.9 Å². The van der Waals surface area contributed by atoms with Crippen LogP contribution in [0.3, 0.4) is 0 Å². The average molecular weight is 420 g/mol. The van der Waals surface area contributed by atoms with Gasteiger partial charge < -0.3 is 9.47 Å². The molecule has 146 valence electrons. The van der Waals surface area contributed by atoms with E-state index in [0.29, 0.717) is 0 Å². The predicted octanol–water partition coefficient (Wildman–Crippen LogP) is 3.55. The lowest BCUT2D eigenvalue weighted by atomic mass is 10.1. The number of anilines is 2. The third kappa shape index (κ3) is 3.98. The lowest BCUT2D eigenvalue weighted by Crippen LogP contribution is -2.25. The van der Waals surface area contributed by atoms with Crippen molar-refractivity contribution in [2.24, 2.45) is 0 Å². The minimum absolute atomic E-state index is 0.0446. The van der Waals surface area contributed by atoms with E-state index in [-0.39, 0.29) is 22.7 Å². The molecule has 0 saturated carbocycles. The molecule has 0 unspecified atom stereocenters. The zero-order chi connectivity index (χ0) is 20.3. The molecule has 10 heteroatoms. The Labute approximate surface area is 165 Å². The van der Waals surface area contributed by atoms with E-state index < -0.39 is 16.3 Å². The zero-order valence-corrected chi connectivity index (χ0v) is 16.5. The maximum atomic E-state index is 12.1. The summed E-state index contributed by atoms with van der Waals surface area (Å²) in [4.78, 5) is 16.7. The first kappa shape index (κ1) is 19.8. The Morgan fingerprint density at radius 2 is 1.86 bits per heavy atom. The van der Waals surface area contributed by atoms with E-state index in [2.05, 4.69) is 9.72 Å². The fourth-order valence-corrected chi connectivity index (χ4v) is 4.02. The molecule has 0 aliphatic carbocycles. The Hall–Kier alpha value is -2.95. The highest BCUT2D eigenvalue weighted by Gasteiger charge is 2.26. The van der Waals surface area contributed by atoms with Crippen molar-refractivity contribution in [2.45, 2.75) is 0 Å².